The van der Waals surface area contributed by atoms with E-state index in [1.54, 1.807) is 24.3 Å². The van der Waals surface area contributed by atoms with Gasteiger partial charge in [0, 0.05) is 18.7 Å². The maximum Gasteiger partial charge on any atom is 0.387 e. The van der Waals surface area contributed by atoms with Gasteiger partial charge in [-0.3, -0.25) is 0 Å². The quantitative estimate of drug-likeness (QED) is 0.729. The van der Waals surface area contributed by atoms with Crippen molar-refractivity contribution in [1.29, 1.82) is 0 Å². The van der Waals surface area contributed by atoms with Crippen molar-refractivity contribution >= 4 is 11.7 Å². The number of carbonyl (C=O) groups is 1. The van der Waals surface area contributed by atoms with Gasteiger partial charge in [-0.15, -0.1) is 0 Å². The topological polar surface area (TPSA) is 78.1 Å². The lowest BCUT2D eigenvalue weighted by molar-refractivity contribution is -0.0498. The number of nitrogens with one attached hydrogen (secondary N) is 2. The molecule has 0 aliphatic heterocycles. The maximum absolute atomic E-state index is 12.1. The van der Waals surface area contributed by atoms with Crippen LogP contribution in [0.1, 0.15) is 5.56 Å². The van der Waals surface area contributed by atoms with Crippen LogP contribution in [0.2, 0.25) is 0 Å². The molecule has 2 aromatic rings. The van der Waals surface area contributed by atoms with Crippen LogP contribution in [0, 0.1) is 0 Å². The van der Waals surface area contributed by atoms with Crippen LogP contribution in [0.4, 0.5) is 19.3 Å². The van der Waals surface area contributed by atoms with Gasteiger partial charge in [0.25, 0.3) is 0 Å². The minimum atomic E-state index is -2.88. The van der Waals surface area contributed by atoms with Gasteiger partial charge in [-0.2, -0.15) is 8.78 Å². The molecular formula is C18H20F2N2O5. The van der Waals surface area contributed by atoms with Crippen molar-refractivity contribution in [3.05, 3.63) is 42.0 Å². The number of carbonyl (C=O) groups excluding carboxylic acids is 1. The van der Waals surface area contributed by atoms with Crippen LogP contribution < -0.4 is 29.6 Å². The van der Waals surface area contributed by atoms with Crippen molar-refractivity contribution in [3.63, 3.8) is 0 Å². The SMILES string of the molecule is COc1cc(NC(=O)NCc2ccc(OC(F)F)cc2)cc(OC)c1OC. The highest BCUT2D eigenvalue weighted by Gasteiger charge is 2.14. The van der Waals surface area contributed by atoms with Crippen LogP contribution in [0.25, 0.3) is 0 Å². The minimum absolute atomic E-state index is 0.0515. The molecule has 27 heavy (non-hydrogen) atoms. The molecular weight excluding hydrogens is 362 g/mol. The van der Waals surface area contributed by atoms with E-state index in [-0.39, 0.29) is 12.3 Å². The van der Waals surface area contributed by atoms with Crippen molar-refractivity contribution < 1.29 is 32.5 Å². The van der Waals surface area contributed by atoms with Crippen LogP contribution in [-0.2, 0) is 6.54 Å². The summed E-state index contributed by atoms with van der Waals surface area (Å²) in [6.45, 7) is -2.68. The molecule has 0 aliphatic carbocycles. The molecule has 0 aromatic heterocycles. The summed E-state index contributed by atoms with van der Waals surface area (Å²) in [7, 11) is 4.43. The Labute approximate surface area is 155 Å². The Morgan fingerprint density at radius 1 is 1.00 bits per heavy atom. The third kappa shape index (κ3) is 5.63. The Balaban J connectivity index is 1.97. The first-order valence-electron chi connectivity index (χ1n) is 7.85. The molecule has 7 nitrogen and oxygen atoms in total. The number of methoxy groups -OCH3 is 3. The van der Waals surface area contributed by atoms with E-state index in [4.69, 9.17) is 14.2 Å². The molecule has 2 aromatic carbocycles. The summed E-state index contributed by atoms with van der Waals surface area (Å²) in [5.41, 5.74) is 1.17. The van der Waals surface area contributed by atoms with Crippen molar-refractivity contribution in [3.8, 4) is 23.0 Å². The summed E-state index contributed by atoms with van der Waals surface area (Å²) in [5, 5.41) is 5.32. The highest BCUT2D eigenvalue weighted by molar-refractivity contribution is 5.90. The number of hydrogen-bond donors (Lipinski definition) is 2. The summed E-state index contributed by atoms with van der Waals surface area (Å²) >= 11 is 0. The van der Waals surface area contributed by atoms with Crippen LogP contribution in [0.15, 0.2) is 36.4 Å². The fourth-order valence-electron chi connectivity index (χ4n) is 2.30. The molecule has 0 fully saturated rings. The largest absolute Gasteiger partial charge is 0.493 e. The fraction of sp³-hybridized carbons (Fsp3) is 0.278. The first-order chi connectivity index (χ1) is 13.0. The second-order valence-corrected chi connectivity index (χ2v) is 5.24. The number of amides is 2. The molecule has 0 radical (unpaired) electrons. The van der Waals surface area contributed by atoms with Crippen molar-refractivity contribution in [2.75, 3.05) is 26.6 Å². The number of alkyl halides is 2. The molecule has 9 heteroatoms. The summed E-state index contributed by atoms with van der Waals surface area (Å²) in [4.78, 5) is 12.1. The highest BCUT2D eigenvalue weighted by Crippen LogP contribution is 2.39. The lowest BCUT2D eigenvalue weighted by Gasteiger charge is -2.15. The number of hydrogen-bond acceptors (Lipinski definition) is 5. The van der Waals surface area contributed by atoms with Gasteiger partial charge in [-0.1, -0.05) is 12.1 Å². The van der Waals surface area contributed by atoms with E-state index in [0.717, 1.165) is 5.56 Å². The molecule has 0 spiro atoms. The lowest BCUT2D eigenvalue weighted by atomic mass is 10.2. The molecule has 2 N–H and O–H groups in total. The predicted molar refractivity (Wildman–Crippen MR) is 95.0 cm³/mol. The Morgan fingerprint density at radius 2 is 1.59 bits per heavy atom. The molecule has 0 saturated carbocycles. The van der Waals surface area contributed by atoms with E-state index >= 15 is 0 Å². The van der Waals surface area contributed by atoms with Crippen LogP contribution in [0.5, 0.6) is 23.0 Å². The van der Waals surface area contributed by atoms with Gasteiger partial charge in [-0.25, -0.2) is 4.79 Å². The average molecular weight is 382 g/mol. The van der Waals surface area contributed by atoms with E-state index in [9.17, 15) is 13.6 Å². The molecule has 0 atom stereocenters. The molecule has 0 heterocycles. The zero-order chi connectivity index (χ0) is 19.8. The summed E-state index contributed by atoms with van der Waals surface area (Å²) in [6, 6.07) is 8.70. The standard InChI is InChI=1S/C18H20F2N2O5/c1-24-14-8-12(9-15(25-2)16(14)26-3)22-18(23)21-10-11-4-6-13(7-5-11)27-17(19)20/h4-9,17H,10H2,1-3H3,(H2,21,22,23). The van der Waals surface area contributed by atoms with Gasteiger partial charge >= 0.3 is 12.6 Å². The van der Waals surface area contributed by atoms with Crippen molar-refractivity contribution in [2.45, 2.75) is 13.2 Å². The molecule has 146 valence electrons. The number of benzene rings is 2. The van der Waals surface area contributed by atoms with E-state index in [2.05, 4.69) is 15.4 Å². The van der Waals surface area contributed by atoms with Crippen LogP contribution >= 0.6 is 0 Å². The first kappa shape index (κ1) is 20.1. The predicted octanol–water partition coefficient (Wildman–Crippen LogP) is 3.64. The Morgan fingerprint density at radius 3 is 2.07 bits per heavy atom. The second-order valence-electron chi connectivity index (χ2n) is 5.24. The minimum Gasteiger partial charge on any atom is -0.493 e. The number of urea groups is 1. The van der Waals surface area contributed by atoms with Gasteiger partial charge in [0.05, 0.1) is 27.0 Å². The molecule has 0 unspecified atom stereocenters. The van der Waals surface area contributed by atoms with Crippen molar-refractivity contribution in [1.82, 2.24) is 5.32 Å². The Hall–Kier alpha value is -3.23. The first-order valence-corrected chi connectivity index (χ1v) is 7.85. The number of rotatable bonds is 8. The van der Waals surface area contributed by atoms with Crippen LogP contribution in [0.3, 0.4) is 0 Å². The molecule has 0 bridgehead atoms. The molecule has 0 aliphatic rings. The summed E-state index contributed by atoms with van der Waals surface area (Å²) in [6.07, 6.45) is 0. The maximum atomic E-state index is 12.1. The van der Waals surface area contributed by atoms with E-state index in [1.807, 2.05) is 0 Å². The van der Waals surface area contributed by atoms with Gasteiger partial charge in [0.1, 0.15) is 5.75 Å². The summed E-state index contributed by atoms with van der Waals surface area (Å²) in [5.74, 6) is 1.27. The van der Waals surface area contributed by atoms with E-state index in [0.29, 0.717) is 22.9 Å². The smallest absolute Gasteiger partial charge is 0.387 e. The zero-order valence-electron chi connectivity index (χ0n) is 15.0. The van der Waals surface area contributed by atoms with Gasteiger partial charge < -0.3 is 29.6 Å². The Bertz CT molecular complexity index is 744. The van der Waals surface area contributed by atoms with E-state index < -0.39 is 12.6 Å². The monoisotopic (exact) mass is 382 g/mol. The van der Waals surface area contributed by atoms with Gasteiger partial charge in [-0.05, 0) is 17.7 Å². The third-order valence-electron chi connectivity index (χ3n) is 3.52. The third-order valence-corrected chi connectivity index (χ3v) is 3.52. The van der Waals surface area contributed by atoms with Crippen molar-refractivity contribution in [2.24, 2.45) is 0 Å². The van der Waals surface area contributed by atoms with Gasteiger partial charge in [0.2, 0.25) is 5.75 Å². The lowest BCUT2D eigenvalue weighted by Crippen LogP contribution is -2.28. The van der Waals surface area contributed by atoms with Gasteiger partial charge in [0.15, 0.2) is 11.5 Å². The zero-order valence-corrected chi connectivity index (χ0v) is 15.0. The fourth-order valence-corrected chi connectivity index (χ4v) is 2.30. The summed E-state index contributed by atoms with van der Waals surface area (Å²) < 4.78 is 44.2. The molecule has 2 amide bonds. The molecule has 2 rings (SSSR count). The number of ether oxygens (including phenoxy) is 4. The Kier molecular flexibility index (Phi) is 7.04. The number of anilines is 1. The normalized spacial score (nSPS) is 10.3. The molecule has 0 saturated heterocycles. The van der Waals surface area contributed by atoms with Crippen LogP contribution in [-0.4, -0.2) is 34.0 Å². The second kappa shape index (κ2) is 9.46. The average Bonchev–Trinajstić information content (AvgIpc) is 2.66. The highest BCUT2D eigenvalue weighted by atomic mass is 19.3. The number of halogens is 2. The van der Waals surface area contributed by atoms with E-state index in [1.165, 1.54) is 33.5 Å².